The maximum atomic E-state index is 5.02. The van der Waals surface area contributed by atoms with Gasteiger partial charge in [0.2, 0.25) is 0 Å². The molecule has 0 unspecified atom stereocenters. The second-order valence-electron chi connectivity index (χ2n) is 5.10. The van der Waals surface area contributed by atoms with Gasteiger partial charge >= 0.3 is 0 Å². The van der Waals surface area contributed by atoms with Gasteiger partial charge in [-0.05, 0) is 47.0 Å². The molecule has 0 radical (unpaired) electrons. The molecular weight excluding hydrogens is 176 g/mol. The minimum atomic E-state index is 0.226. The van der Waals surface area contributed by atoms with Gasteiger partial charge in [0.15, 0.2) is 0 Å². The van der Waals surface area contributed by atoms with Crippen LogP contribution in [0, 0.1) is 11.3 Å². The molecule has 13 heavy (non-hydrogen) atoms. The van der Waals surface area contributed by atoms with Gasteiger partial charge in [0, 0.05) is 0 Å². The summed E-state index contributed by atoms with van der Waals surface area (Å²) in [5.41, 5.74) is 1.60. The van der Waals surface area contributed by atoms with Crippen molar-refractivity contribution in [2.75, 3.05) is 0 Å². The number of rotatable bonds is 1. The highest BCUT2D eigenvalue weighted by Crippen LogP contribution is 2.37. The smallest absolute Gasteiger partial charge is 0.00832 e. The fraction of sp³-hybridized carbons (Fsp3) is 0.833. The van der Waals surface area contributed by atoms with E-state index in [1.807, 2.05) is 0 Å². The Morgan fingerprint density at radius 1 is 1.15 bits per heavy atom. The van der Waals surface area contributed by atoms with Crippen LogP contribution in [0.25, 0.3) is 0 Å². The van der Waals surface area contributed by atoms with Gasteiger partial charge in [-0.3, -0.25) is 0 Å². The lowest BCUT2D eigenvalue weighted by Crippen LogP contribution is -2.20. The topological polar surface area (TPSA) is 0 Å². The van der Waals surface area contributed by atoms with E-state index in [0.29, 0.717) is 0 Å². The summed E-state index contributed by atoms with van der Waals surface area (Å²) in [5, 5.41) is 3.01. The Morgan fingerprint density at radius 2 is 1.69 bits per heavy atom. The number of hydrogen-bond acceptors (Lipinski definition) is 1. The average molecular weight is 196 g/mol. The first-order valence-electron chi connectivity index (χ1n) is 5.31. The van der Waals surface area contributed by atoms with Gasteiger partial charge in [-0.25, -0.2) is 0 Å². The molecule has 0 saturated heterocycles. The Labute approximate surface area is 87.4 Å². The third kappa shape index (κ3) is 2.93. The highest BCUT2D eigenvalue weighted by Gasteiger charge is 2.26. The van der Waals surface area contributed by atoms with E-state index in [0.717, 1.165) is 5.92 Å². The van der Waals surface area contributed by atoms with Crippen molar-refractivity contribution in [3.8, 4) is 0 Å². The van der Waals surface area contributed by atoms with Gasteiger partial charge in [-0.1, -0.05) is 40.0 Å². The standard InChI is InChI=1S/C12H20S/c1-12(2,3)11(9-13)10-7-5-4-6-8-10/h10H,4-8H2,1-3H3. The molecule has 0 N–H and O–H groups in total. The van der Waals surface area contributed by atoms with Gasteiger partial charge in [0.05, 0.1) is 0 Å². The lowest BCUT2D eigenvalue weighted by atomic mass is 9.74. The maximum absolute atomic E-state index is 5.02. The van der Waals surface area contributed by atoms with Crippen LogP contribution in [-0.4, -0.2) is 5.02 Å². The lowest BCUT2D eigenvalue weighted by molar-refractivity contribution is 0.344. The van der Waals surface area contributed by atoms with Crippen molar-refractivity contribution in [3.63, 3.8) is 0 Å². The summed E-state index contributed by atoms with van der Waals surface area (Å²) < 4.78 is 0. The molecule has 1 fully saturated rings. The van der Waals surface area contributed by atoms with Crippen molar-refractivity contribution in [1.29, 1.82) is 0 Å². The molecular formula is C12H20S. The minimum Gasteiger partial charge on any atom is -0.0557 e. The van der Waals surface area contributed by atoms with E-state index in [1.54, 1.807) is 0 Å². The summed E-state index contributed by atoms with van der Waals surface area (Å²) in [7, 11) is 0. The molecule has 0 heterocycles. The monoisotopic (exact) mass is 196 g/mol. The molecule has 0 aromatic heterocycles. The average Bonchev–Trinajstić information content (AvgIpc) is 2.05. The van der Waals surface area contributed by atoms with Crippen LogP contribution in [0.5, 0.6) is 0 Å². The predicted molar refractivity (Wildman–Crippen MR) is 62.1 cm³/mol. The van der Waals surface area contributed by atoms with E-state index >= 15 is 0 Å². The molecule has 0 atom stereocenters. The normalized spacial score (nSPS) is 19.6. The SMILES string of the molecule is CC(C)(C)C(=C=S)C1CCCCC1. The van der Waals surface area contributed by atoms with E-state index in [1.165, 1.54) is 37.7 Å². The molecule has 0 aromatic rings. The molecule has 1 saturated carbocycles. The van der Waals surface area contributed by atoms with Gasteiger partial charge in [0.25, 0.3) is 0 Å². The molecule has 0 bridgehead atoms. The van der Waals surface area contributed by atoms with Crippen molar-refractivity contribution < 1.29 is 0 Å². The number of hydrogen-bond donors (Lipinski definition) is 0. The number of allylic oxidation sites excluding steroid dienone is 1. The predicted octanol–water partition coefficient (Wildman–Crippen LogP) is 4.14. The summed E-state index contributed by atoms with van der Waals surface area (Å²) >= 11 is 5.02. The third-order valence-electron chi connectivity index (χ3n) is 2.93. The van der Waals surface area contributed by atoms with E-state index in [-0.39, 0.29) is 5.41 Å². The molecule has 0 aliphatic heterocycles. The quantitative estimate of drug-likeness (QED) is 0.568. The molecule has 0 aromatic carbocycles. The summed E-state index contributed by atoms with van der Waals surface area (Å²) in [6, 6.07) is 0. The molecule has 1 heteroatoms. The summed E-state index contributed by atoms with van der Waals surface area (Å²) in [6.45, 7) is 6.74. The fourth-order valence-electron chi connectivity index (χ4n) is 2.24. The highest BCUT2D eigenvalue weighted by atomic mass is 32.1. The van der Waals surface area contributed by atoms with Crippen molar-refractivity contribution in [3.05, 3.63) is 5.57 Å². The second kappa shape index (κ2) is 4.39. The summed E-state index contributed by atoms with van der Waals surface area (Å²) in [5.74, 6) is 0.728. The van der Waals surface area contributed by atoms with Crippen LogP contribution >= 0.6 is 12.2 Å². The molecule has 74 valence electrons. The zero-order chi connectivity index (χ0) is 9.90. The Balaban J connectivity index is 2.72. The first kappa shape index (κ1) is 10.9. The summed E-state index contributed by atoms with van der Waals surface area (Å²) in [6.07, 6.45) is 6.82. The highest BCUT2D eigenvalue weighted by molar-refractivity contribution is 7.78. The van der Waals surface area contributed by atoms with Crippen molar-refractivity contribution in [2.24, 2.45) is 11.3 Å². The molecule has 1 aliphatic carbocycles. The minimum absolute atomic E-state index is 0.226. The second-order valence-corrected chi connectivity index (χ2v) is 5.30. The van der Waals surface area contributed by atoms with Crippen LogP contribution < -0.4 is 0 Å². The van der Waals surface area contributed by atoms with Crippen molar-refractivity contribution in [1.82, 2.24) is 0 Å². The van der Waals surface area contributed by atoms with Crippen LogP contribution in [0.2, 0.25) is 0 Å². The third-order valence-corrected chi connectivity index (χ3v) is 3.15. The van der Waals surface area contributed by atoms with Gasteiger partial charge < -0.3 is 0 Å². The Morgan fingerprint density at radius 3 is 2.08 bits per heavy atom. The Kier molecular flexibility index (Phi) is 3.70. The largest absolute Gasteiger partial charge is 0.0557 e. The van der Waals surface area contributed by atoms with E-state index in [4.69, 9.17) is 12.2 Å². The van der Waals surface area contributed by atoms with E-state index in [9.17, 15) is 0 Å². The van der Waals surface area contributed by atoms with Crippen LogP contribution in [0.3, 0.4) is 0 Å². The summed E-state index contributed by atoms with van der Waals surface area (Å²) in [4.78, 5) is 0. The van der Waals surface area contributed by atoms with E-state index in [2.05, 4.69) is 25.8 Å². The van der Waals surface area contributed by atoms with Gasteiger partial charge in [-0.15, -0.1) is 0 Å². The molecule has 0 amide bonds. The van der Waals surface area contributed by atoms with Crippen LogP contribution in [0.1, 0.15) is 52.9 Å². The van der Waals surface area contributed by atoms with Gasteiger partial charge in [-0.2, -0.15) is 0 Å². The van der Waals surface area contributed by atoms with E-state index < -0.39 is 0 Å². The van der Waals surface area contributed by atoms with Crippen LogP contribution in [0.4, 0.5) is 0 Å². The molecule has 1 aliphatic rings. The number of thiocarbonyl (C=S) groups is 1. The van der Waals surface area contributed by atoms with Crippen LogP contribution in [-0.2, 0) is 0 Å². The lowest BCUT2D eigenvalue weighted by Gasteiger charge is -2.30. The molecule has 0 spiro atoms. The van der Waals surface area contributed by atoms with Crippen molar-refractivity contribution in [2.45, 2.75) is 52.9 Å². The molecule has 0 nitrogen and oxygen atoms in total. The zero-order valence-electron chi connectivity index (χ0n) is 9.02. The first-order chi connectivity index (χ1) is 6.05. The Bertz CT molecular complexity index is 210. The van der Waals surface area contributed by atoms with Crippen molar-refractivity contribution >= 4 is 17.2 Å². The first-order valence-corrected chi connectivity index (χ1v) is 5.72. The fourth-order valence-corrected chi connectivity index (χ4v) is 2.71. The zero-order valence-corrected chi connectivity index (χ0v) is 9.84. The van der Waals surface area contributed by atoms with Crippen LogP contribution in [0.15, 0.2) is 5.57 Å². The van der Waals surface area contributed by atoms with Gasteiger partial charge in [0.1, 0.15) is 0 Å². The maximum Gasteiger partial charge on any atom is -0.00832 e. The molecule has 1 rings (SSSR count). The Hall–Kier alpha value is -0.130.